The maximum Gasteiger partial charge on any atom is 0.230 e. The van der Waals surface area contributed by atoms with Crippen molar-refractivity contribution >= 4 is 23.2 Å². The second kappa shape index (κ2) is 4.34. The van der Waals surface area contributed by atoms with Gasteiger partial charge in [-0.3, -0.25) is 4.79 Å². The van der Waals surface area contributed by atoms with Gasteiger partial charge in [0.15, 0.2) is 0 Å². The van der Waals surface area contributed by atoms with Crippen LogP contribution in [0.15, 0.2) is 18.2 Å². The summed E-state index contributed by atoms with van der Waals surface area (Å²) in [7, 11) is 0. The maximum atomic E-state index is 12.4. The zero-order valence-corrected chi connectivity index (χ0v) is 10.5. The van der Waals surface area contributed by atoms with E-state index in [2.05, 4.69) is 0 Å². The van der Waals surface area contributed by atoms with Gasteiger partial charge in [-0.15, -0.1) is 0 Å². The molecule has 1 amide bonds. The first-order valence-electron chi connectivity index (χ1n) is 6.35. The van der Waals surface area contributed by atoms with Crippen LogP contribution in [0, 0.1) is 5.92 Å². The largest absolute Gasteiger partial charge is 0.312 e. The van der Waals surface area contributed by atoms with Gasteiger partial charge in [-0.25, -0.2) is 0 Å². The number of fused-ring (bicyclic) bond motifs is 1. The lowest BCUT2D eigenvalue weighted by molar-refractivity contribution is -0.122. The summed E-state index contributed by atoms with van der Waals surface area (Å²) >= 11 is 5.97. The van der Waals surface area contributed by atoms with E-state index in [1.165, 1.54) is 18.4 Å². The number of halogens is 1. The normalized spacial score (nSPS) is 19.7. The van der Waals surface area contributed by atoms with Crippen LogP contribution in [0.1, 0.15) is 31.2 Å². The van der Waals surface area contributed by atoms with Crippen molar-refractivity contribution in [2.75, 3.05) is 11.4 Å². The van der Waals surface area contributed by atoms with Crippen molar-refractivity contribution in [2.45, 2.75) is 32.1 Å². The molecule has 1 heterocycles. The van der Waals surface area contributed by atoms with Crippen LogP contribution >= 0.6 is 11.6 Å². The Labute approximate surface area is 107 Å². The van der Waals surface area contributed by atoms with Crippen LogP contribution in [0.2, 0.25) is 5.02 Å². The molecule has 0 radical (unpaired) electrons. The zero-order chi connectivity index (χ0) is 11.8. The summed E-state index contributed by atoms with van der Waals surface area (Å²) in [4.78, 5) is 14.3. The van der Waals surface area contributed by atoms with Gasteiger partial charge in [0.2, 0.25) is 5.91 Å². The van der Waals surface area contributed by atoms with Gasteiger partial charge >= 0.3 is 0 Å². The summed E-state index contributed by atoms with van der Waals surface area (Å²) in [6, 6.07) is 5.84. The molecule has 1 aliphatic carbocycles. The monoisotopic (exact) mass is 249 g/mol. The molecule has 90 valence electrons. The number of hydrogen-bond donors (Lipinski definition) is 0. The fourth-order valence-corrected chi connectivity index (χ4v) is 3.19. The van der Waals surface area contributed by atoms with Crippen molar-refractivity contribution < 1.29 is 4.79 Å². The number of anilines is 1. The summed E-state index contributed by atoms with van der Waals surface area (Å²) in [5.41, 5.74) is 2.29. The molecule has 3 rings (SSSR count). The molecule has 1 fully saturated rings. The minimum absolute atomic E-state index is 0.261. The number of rotatable bonds is 1. The highest BCUT2D eigenvalue weighted by Crippen LogP contribution is 2.34. The fourth-order valence-electron chi connectivity index (χ4n) is 2.99. The van der Waals surface area contributed by atoms with Crippen LogP contribution in [0.3, 0.4) is 0 Å². The summed E-state index contributed by atoms with van der Waals surface area (Å²) in [6.45, 7) is 0.824. The molecule has 1 aliphatic heterocycles. The maximum absolute atomic E-state index is 12.4. The van der Waals surface area contributed by atoms with Crippen molar-refractivity contribution in [3.8, 4) is 0 Å². The van der Waals surface area contributed by atoms with E-state index < -0.39 is 0 Å². The molecular weight excluding hydrogens is 234 g/mol. The van der Waals surface area contributed by atoms with Crippen LogP contribution in [-0.4, -0.2) is 12.5 Å². The summed E-state index contributed by atoms with van der Waals surface area (Å²) in [6.07, 6.45) is 5.49. The fraction of sp³-hybridized carbons (Fsp3) is 0.500. The average molecular weight is 250 g/mol. The van der Waals surface area contributed by atoms with Crippen LogP contribution < -0.4 is 4.90 Å². The highest BCUT2D eigenvalue weighted by Gasteiger charge is 2.31. The van der Waals surface area contributed by atoms with Crippen LogP contribution in [0.5, 0.6) is 0 Å². The van der Waals surface area contributed by atoms with E-state index in [1.54, 1.807) is 0 Å². The number of carbonyl (C=O) groups is 1. The molecule has 1 saturated carbocycles. The van der Waals surface area contributed by atoms with Crippen molar-refractivity contribution in [3.63, 3.8) is 0 Å². The first-order valence-corrected chi connectivity index (χ1v) is 6.73. The first kappa shape index (κ1) is 11.1. The van der Waals surface area contributed by atoms with Gasteiger partial charge in [-0.05, 0) is 43.0 Å². The minimum Gasteiger partial charge on any atom is -0.312 e. The average Bonchev–Trinajstić information content (AvgIpc) is 2.96. The van der Waals surface area contributed by atoms with Crippen molar-refractivity contribution in [2.24, 2.45) is 5.92 Å². The molecule has 0 aromatic heterocycles. The Morgan fingerprint density at radius 3 is 2.82 bits per heavy atom. The van der Waals surface area contributed by atoms with E-state index in [1.807, 2.05) is 23.1 Å². The Hall–Kier alpha value is -1.02. The molecule has 0 bridgehead atoms. The number of amides is 1. The summed E-state index contributed by atoms with van der Waals surface area (Å²) in [5, 5.41) is 0.763. The molecule has 17 heavy (non-hydrogen) atoms. The smallest absolute Gasteiger partial charge is 0.230 e. The Morgan fingerprint density at radius 2 is 2.06 bits per heavy atom. The van der Waals surface area contributed by atoms with Gasteiger partial charge in [-0.1, -0.05) is 24.4 Å². The standard InChI is InChI=1S/C14H16ClNO/c15-12-5-6-13-11(9-12)7-8-16(13)14(17)10-3-1-2-4-10/h5-6,9-10H,1-4,7-8H2. The molecular formula is C14H16ClNO. The molecule has 0 unspecified atom stereocenters. The van der Waals surface area contributed by atoms with Gasteiger partial charge in [0.1, 0.15) is 0 Å². The highest BCUT2D eigenvalue weighted by atomic mass is 35.5. The molecule has 1 aromatic carbocycles. The highest BCUT2D eigenvalue weighted by molar-refractivity contribution is 6.30. The Morgan fingerprint density at radius 1 is 1.29 bits per heavy atom. The van der Waals surface area contributed by atoms with Crippen LogP contribution in [-0.2, 0) is 11.2 Å². The van der Waals surface area contributed by atoms with Gasteiger partial charge in [0.25, 0.3) is 0 Å². The molecule has 2 aliphatic rings. The second-order valence-electron chi connectivity index (χ2n) is 4.99. The predicted octanol–water partition coefficient (Wildman–Crippen LogP) is 3.42. The lowest BCUT2D eigenvalue weighted by Crippen LogP contribution is -2.33. The van der Waals surface area contributed by atoms with Gasteiger partial charge in [0, 0.05) is 23.2 Å². The Balaban J connectivity index is 1.85. The van der Waals surface area contributed by atoms with Crippen LogP contribution in [0.4, 0.5) is 5.69 Å². The topological polar surface area (TPSA) is 20.3 Å². The summed E-state index contributed by atoms with van der Waals surface area (Å²) < 4.78 is 0. The number of benzene rings is 1. The molecule has 0 atom stereocenters. The van der Waals surface area contributed by atoms with Gasteiger partial charge < -0.3 is 4.90 Å². The third-order valence-corrected chi connectivity index (χ3v) is 4.14. The number of carbonyl (C=O) groups excluding carboxylic acids is 1. The predicted molar refractivity (Wildman–Crippen MR) is 69.5 cm³/mol. The molecule has 0 saturated heterocycles. The number of hydrogen-bond acceptors (Lipinski definition) is 1. The van der Waals surface area contributed by atoms with Gasteiger partial charge in [0.05, 0.1) is 0 Å². The molecule has 1 aromatic rings. The third-order valence-electron chi connectivity index (χ3n) is 3.91. The lowest BCUT2D eigenvalue weighted by Gasteiger charge is -2.21. The van der Waals surface area contributed by atoms with Crippen molar-refractivity contribution in [1.82, 2.24) is 0 Å². The zero-order valence-electron chi connectivity index (χ0n) is 9.79. The first-order chi connectivity index (χ1) is 8.25. The van der Waals surface area contributed by atoms with E-state index >= 15 is 0 Å². The SMILES string of the molecule is O=C(C1CCCC1)N1CCc2cc(Cl)ccc21. The number of nitrogens with zero attached hydrogens (tertiary/aromatic N) is 1. The molecule has 0 spiro atoms. The quantitative estimate of drug-likeness (QED) is 0.747. The van der Waals surface area contributed by atoms with Crippen molar-refractivity contribution in [1.29, 1.82) is 0 Å². The van der Waals surface area contributed by atoms with Gasteiger partial charge in [-0.2, -0.15) is 0 Å². The van der Waals surface area contributed by atoms with Crippen LogP contribution in [0.25, 0.3) is 0 Å². The van der Waals surface area contributed by atoms with Crippen molar-refractivity contribution in [3.05, 3.63) is 28.8 Å². The lowest BCUT2D eigenvalue weighted by atomic mass is 10.1. The third kappa shape index (κ3) is 1.95. The second-order valence-corrected chi connectivity index (χ2v) is 5.43. The molecule has 2 nitrogen and oxygen atoms in total. The molecule has 0 N–H and O–H groups in total. The van der Waals surface area contributed by atoms with E-state index in [0.717, 1.165) is 36.5 Å². The Kier molecular flexibility index (Phi) is 2.83. The van der Waals surface area contributed by atoms with E-state index in [0.29, 0.717) is 5.91 Å². The molecule has 3 heteroatoms. The van der Waals surface area contributed by atoms with E-state index in [9.17, 15) is 4.79 Å². The van der Waals surface area contributed by atoms with E-state index in [-0.39, 0.29) is 5.92 Å². The summed E-state index contributed by atoms with van der Waals surface area (Å²) in [5.74, 6) is 0.584. The minimum atomic E-state index is 0.261. The Bertz CT molecular complexity index is 452. The van der Waals surface area contributed by atoms with E-state index in [4.69, 9.17) is 11.6 Å².